The van der Waals surface area contributed by atoms with Crippen LogP contribution < -0.4 is 10.6 Å². The number of rotatable bonds is 10. The molecular formula is C22H19Cl4N5O2S. The third-order valence-electron chi connectivity index (χ3n) is 4.46. The highest BCUT2D eigenvalue weighted by atomic mass is 35.5. The van der Waals surface area contributed by atoms with Crippen LogP contribution in [0.5, 0.6) is 0 Å². The lowest BCUT2D eigenvalue weighted by molar-refractivity contribution is -0.113. The van der Waals surface area contributed by atoms with Crippen LogP contribution in [0.2, 0.25) is 20.1 Å². The SMILES string of the molecule is C=CCn1c(CCNC(=O)c2ccc(Cl)c(Cl)c2)nnc1SCC(=O)Nc1cc(Cl)ccc1Cl. The molecule has 34 heavy (non-hydrogen) atoms. The third kappa shape index (κ3) is 7.13. The van der Waals surface area contributed by atoms with Crippen LogP contribution in [0.3, 0.4) is 0 Å². The molecule has 0 atom stereocenters. The van der Waals surface area contributed by atoms with Gasteiger partial charge in [0, 0.05) is 30.1 Å². The number of benzene rings is 2. The van der Waals surface area contributed by atoms with Crippen molar-refractivity contribution in [2.45, 2.75) is 18.1 Å². The first-order valence-electron chi connectivity index (χ1n) is 9.92. The summed E-state index contributed by atoms with van der Waals surface area (Å²) in [4.78, 5) is 24.7. The van der Waals surface area contributed by atoms with Gasteiger partial charge >= 0.3 is 0 Å². The first kappa shape index (κ1) is 26.4. The van der Waals surface area contributed by atoms with Crippen LogP contribution in [-0.4, -0.2) is 38.9 Å². The first-order chi connectivity index (χ1) is 16.3. The maximum Gasteiger partial charge on any atom is 0.251 e. The molecule has 1 aromatic heterocycles. The summed E-state index contributed by atoms with van der Waals surface area (Å²) in [6.07, 6.45) is 2.13. The Morgan fingerprint density at radius 2 is 1.79 bits per heavy atom. The number of allylic oxidation sites excluding steroid dienone is 1. The molecule has 2 aromatic carbocycles. The van der Waals surface area contributed by atoms with Crippen molar-refractivity contribution in [1.29, 1.82) is 0 Å². The van der Waals surface area contributed by atoms with E-state index in [0.29, 0.717) is 61.8 Å². The number of anilines is 1. The number of nitrogens with zero attached hydrogens (tertiary/aromatic N) is 3. The normalized spacial score (nSPS) is 10.7. The maximum atomic E-state index is 12.4. The number of nitrogens with one attached hydrogen (secondary N) is 2. The summed E-state index contributed by atoms with van der Waals surface area (Å²) in [6.45, 7) is 4.54. The predicted molar refractivity (Wildman–Crippen MR) is 139 cm³/mol. The number of amides is 2. The van der Waals surface area contributed by atoms with Gasteiger partial charge in [0.25, 0.3) is 5.91 Å². The van der Waals surface area contributed by atoms with Crippen molar-refractivity contribution in [3.63, 3.8) is 0 Å². The molecule has 3 rings (SSSR count). The Kier molecular flexibility index (Phi) is 9.67. The Balaban J connectivity index is 1.57. The summed E-state index contributed by atoms with van der Waals surface area (Å²) < 4.78 is 1.84. The van der Waals surface area contributed by atoms with E-state index in [0.717, 1.165) is 0 Å². The van der Waals surface area contributed by atoms with Crippen LogP contribution in [0.15, 0.2) is 54.2 Å². The fourth-order valence-corrected chi connectivity index (χ4v) is 4.26. The zero-order valence-corrected chi connectivity index (χ0v) is 21.5. The molecule has 0 bridgehead atoms. The Hall–Kier alpha value is -2.23. The molecule has 7 nitrogen and oxygen atoms in total. The van der Waals surface area contributed by atoms with Gasteiger partial charge in [0.2, 0.25) is 5.91 Å². The summed E-state index contributed by atoms with van der Waals surface area (Å²) in [5, 5.41) is 16.0. The molecule has 3 aromatic rings. The van der Waals surface area contributed by atoms with E-state index >= 15 is 0 Å². The molecule has 0 saturated carbocycles. The minimum Gasteiger partial charge on any atom is -0.352 e. The molecule has 0 spiro atoms. The largest absolute Gasteiger partial charge is 0.352 e. The van der Waals surface area contributed by atoms with Gasteiger partial charge in [0.05, 0.1) is 26.5 Å². The van der Waals surface area contributed by atoms with E-state index in [2.05, 4.69) is 27.4 Å². The fourth-order valence-electron chi connectivity index (χ4n) is 2.86. The van der Waals surface area contributed by atoms with E-state index in [4.69, 9.17) is 46.4 Å². The number of carbonyl (C=O) groups is 2. The van der Waals surface area contributed by atoms with Gasteiger partial charge < -0.3 is 15.2 Å². The minimum atomic E-state index is -0.278. The highest BCUT2D eigenvalue weighted by molar-refractivity contribution is 7.99. The van der Waals surface area contributed by atoms with Crippen molar-refractivity contribution in [2.24, 2.45) is 0 Å². The van der Waals surface area contributed by atoms with Gasteiger partial charge in [-0.15, -0.1) is 16.8 Å². The van der Waals surface area contributed by atoms with E-state index in [1.165, 1.54) is 17.8 Å². The zero-order chi connectivity index (χ0) is 24.7. The van der Waals surface area contributed by atoms with Crippen molar-refractivity contribution >= 4 is 75.7 Å². The maximum absolute atomic E-state index is 12.4. The second-order valence-electron chi connectivity index (χ2n) is 6.89. The van der Waals surface area contributed by atoms with Crippen LogP contribution in [0, 0.1) is 0 Å². The van der Waals surface area contributed by atoms with Gasteiger partial charge in [-0.05, 0) is 36.4 Å². The second kappa shape index (κ2) is 12.5. The monoisotopic (exact) mass is 557 g/mol. The molecule has 0 aliphatic heterocycles. The average Bonchev–Trinajstić information content (AvgIpc) is 3.18. The zero-order valence-electron chi connectivity index (χ0n) is 17.7. The molecule has 1 heterocycles. The lowest BCUT2D eigenvalue weighted by Crippen LogP contribution is -2.26. The van der Waals surface area contributed by atoms with Gasteiger partial charge in [-0.2, -0.15) is 0 Å². The quantitative estimate of drug-likeness (QED) is 0.243. The van der Waals surface area contributed by atoms with Crippen molar-refractivity contribution in [1.82, 2.24) is 20.1 Å². The van der Waals surface area contributed by atoms with Gasteiger partial charge in [0.1, 0.15) is 5.82 Å². The van der Waals surface area contributed by atoms with E-state index in [1.54, 1.807) is 36.4 Å². The molecule has 0 fully saturated rings. The molecule has 0 aliphatic carbocycles. The van der Waals surface area contributed by atoms with Gasteiger partial charge in [-0.3, -0.25) is 9.59 Å². The van der Waals surface area contributed by atoms with Gasteiger partial charge in [-0.1, -0.05) is 64.2 Å². The number of hydrogen-bond acceptors (Lipinski definition) is 5. The van der Waals surface area contributed by atoms with Crippen LogP contribution in [-0.2, 0) is 17.8 Å². The lowest BCUT2D eigenvalue weighted by Gasteiger charge is -2.10. The highest BCUT2D eigenvalue weighted by Gasteiger charge is 2.15. The summed E-state index contributed by atoms with van der Waals surface area (Å²) in [5.41, 5.74) is 0.842. The lowest BCUT2D eigenvalue weighted by atomic mass is 10.2. The Labute approximate surface area is 220 Å². The van der Waals surface area contributed by atoms with E-state index in [-0.39, 0.29) is 17.6 Å². The van der Waals surface area contributed by atoms with E-state index in [1.807, 2.05) is 4.57 Å². The second-order valence-corrected chi connectivity index (χ2v) is 9.49. The number of halogens is 4. The highest BCUT2D eigenvalue weighted by Crippen LogP contribution is 2.26. The number of thioether (sulfide) groups is 1. The number of carbonyl (C=O) groups excluding carboxylic acids is 2. The van der Waals surface area contributed by atoms with Crippen molar-refractivity contribution in [3.05, 3.63) is 80.5 Å². The molecule has 0 unspecified atom stereocenters. The van der Waals surface area contributed by atoms with Gasteiger partial charge in [-0.25, -0.2) is 0 Å². The Morgan fingerprint density at radius 1 is 1.03 bits per heavy atom. The molecule has 0 saturated heterocycles. The number of hydrogen-bond donors (Lipinski definition) is 2. The topological polar surface area (TPSA) is 88.9 Å². The minimum absolute atomic E-state index is 0.0895. The summed E-state index contributed by atoms with van der Waals surface area (Å²) in [5.74, 6) is 0.193. The Bertz CT molecular complexity index is 1220. The predicted octanol–water partition coefficient (Wildman–Crippen LogP) is 5.78. The molecule has 0 radical (unpaired) electrons. The summed E-state index contributed by atoms with van der Waals surface area (Å²) in [7, 11) is 0. The third-order valence-corrected chi connectivity index (χ3v) is 6.73. The van der Waals surface area contributed by atoms with Crippen LogP contribution in [0.25, 0.3) is 0 Å². The van der Waals surface area contributed by atoms with Crippen LogP contribution in [0.1, 0.15) is 16.2 Å². The fraction of sp³-hybridized carbons (Fsp3) is 0.182. The van der Waals surface area contributed by atoms with Crippen LogP contribution >= 0.6 is 58.2 Å². The number of aromatic nitrogens is 3. The van der Waals surface area contributed by atoms with Crippen molar-refractivity contribution in [2.75, 3.05) is 17.6 Å². The molecule has 178 valence electrons. The average molecular weight is 559 g/mol. The van der Waals surface area contributed by atoms with Crippen molar-refractivity contribution in [3.8, 4) is 0 Å². The van der Waals surface area contributed by atoms with Gasteiger partial charge in [0.15, 0.2) is 5.16 Å². The first-order valence-corrected chi connectivity index (χ1v) is 12.4. The van der Waals surface area contributed by atoms with Crippen molar-refractivity contribution < 1.29 is 9.59 Å². The summed E-state index contributed by atoms with van der Waals surface area (Å²) >= 11 is 25.1. The molecular weight excluding hydrogens is 540 g/mol. The Morgan fingerprint density at radius 3 is 2.53 bits per heavy atom. The van der Waals surface area contributed by atoms with E-state index in [9.17, 15) is 9.59 Å². The smallest absolute Gasteiger partial charge is 0.251 e. The van der Waals surface area contributed by atoms with Crippen LogP contribution in [0.4, 0.5) is 5.69 Å². The molecule has 0 aliphatic rings. The standard InChI is InChI=1S/C22H19Cl4N5O2S/c1-2-9-31-19(7-8-27-21(33)13-3-5-15(24)17(26)10-13)29-30-22(31)34-12-20(32)28-18-11-14(23)4-6-16(18)25/h2-6,10-11H,1,7-9,12H2,(H,27,33)(H,28,32). The molecule has 2 amide bonds. The van der Waals surface area contributed by atoms with E-state index < -0.39 is 0 Å². The summed E-state index contributed by atoms with van der Waals surface area (Å²) in [6, 6.07) is 9.51. The molecule has 2 N–H and O–H groups in total. The molecule has 12 heteroatoms.